The van der Waals surface area contributed by atoms with E-state index in [1.807, 2.05) is 22.6 Å². The van der Waals surface area contributed by atoms with E-state index in [1.165, 1.54) is 19.1 Å². The van der Waals surface area contributed by atoms with Crippen LogP contribution >= 0.6 is 22.6 Å². The minimum absolute atomic E-state index is 0.146. The van der Waals surface area contributed by atoms with Crippen LogP contribution in [0.1, 0.15) is 6.92 Å². The lowest BCUT2D eigenvalue weighted by Gasteiger charge is -2.08. The van der Waals surface area contributed by atoms with Gasteiger partial charge in [0.15, 0.2) is 0 Å². The Morgan fingerprint density at radius 2 is 2.23 bits per heavy atom. The Labute approximate surface area is 88.6 Å². The number of nitrogen functional groups attached to an aromatic ring is 1. The zero-order valence-electron chi connectivity index (χ0n) is 6.90. The third-order valence-corrected chi connectivity index (χ3v) is 2.58. The smallest absolute Gasteiger partial charge is 0.221 e. The van der Waals surface area contributed by atoms with Crippen molar-refractivity contribution in [1.29, 1.82) is 0 Å². The molecule has 0 spiro atoms. The summed E-state index contributed by atoms with van der Waals surface area (Å²) in [5.74, 6) is -0.795. The van der Waals surface area contributed by atoms with Crippen molar-refractivity contribution in [2.24, 2.45) is 0 Å². The molecule has 0 aliphatic rings. The number of hydrogen-bond donors (Lipinski definition) is 2. The van der Waals surface area contributed by atoms with Gasteiger partial charge in [-0.25, -0.2) is 4.39 Å². The molecular formula is C8H8FIN2O. The first-order chi connectivity index (χ1) is 6.02. The van der Waals surface area contributed by atoms with Crippen LogP contribution in [0, 0.1) is 9.39 Å². The van der Waals surface area contributed by atoms with Crippen molar-refractivity contribution in [3.8, 4) is 0 Å². The Hall–Kier alpha value is -0.850. The van der Waals surface area contributed by atoms with Crippen molar-refractivity contribution in [3.05, 3.63) is 21.5 Å². The van der Waals surface area contributed by atoms with E-state index >= 15 is 0 Å². The number of nitrogens with one attached hydrogen (secondary N) is 1. The van der Waals surface area contributed by atoms with Crippen LogP contribution in [-0.4, -0.2) is 5.91 Å². The van der Waals surface area contributed by atoms with Crippen molar-refractivity contribution in [1.82, 2.24) is 0 Å². The number of carbonyl (C=O) groups is 1. The number of hydrogen-bond acceptors (Lipinski definition) is 2. The van der Waals surface area contributed by atoms with Crippen LogP contribution in [0.25, 0.3) is 0 Å². The molecule has 3 N–H and O–H groups in total. The molecule has 0 aliphatic heterocycles. The molecule has 0 bridgehead atoms. The molecule has 1 aromatic rings. The van der Waals surface area contributed by atoms with E-state index in [-0.39, 0.29) is 11.6 Å². The summed E-state index contributed by atoms with van der Waals surface area (Å²) in [6, 6.07) is 2.69. The Morgan fingerprint density at radius 1 is 1.62 bits per heavy atom. The largest absolute Gasteiger partial charge is 0.398 e. The maximum absolute atomic E-state index is 13.1. The van der Waals surface area contributed by atoms with E-state index in [4.69, 9.17) is 5.73 Å². The van der Waals surface area contributed by atoms with Gasteiger partial charge < -0.3 is 11.1 Å². The maximum Gasteiger partial charge on any atom is 0.221 e. The van der Waals surface area contributed by atoms with Gasteiger partial charge >= 0.3 is 0 Å². The Morgan fingerprint density at radius 3 is 2.77 bits per heavy atom. The van der Waals surface area contributed by atoms with Gasteiger partial charge in [0.05, 0.1) is 9.26 Å². The zero-order chi connectivity index (χ0) is 10.0. The number of benzene rings is 1. The number of carbonyl (C=O) groups excluding carboxylic acids is 1. The first-order valence-corrected chi connectivity index (χ1v) is 4.61. The first-order valence-electron chi connectivity index (χ1n) is 3.53. The number of nitrogens with two attached hydrogens (primary N) is 1. The number of anilines is 2. The van der Waals surface area contributed by atoms with Crippen LogP contribution in [0.5, 0.6) is 0 Å². The predicted molar refractivity (Wildman–Crippen MR) is 57.8 cm³/mol. The van der Waals surface area contributed by atoms with Crippen LogP contribution in [0.4, 0.5) is 15.8 Å². The zero-order valence-corrected chi connectivity index (χ0v) is 9.05. The summed E-state index contributed by atoms with van der Waals surface area (Å²) in [5.41, 5.74) is 6.14. The predicted octanol–water partition coefficient (Wildman–Crippen LogP) is 1.97. The van der Waals surface area contributed by atoms with E-state index in [0.29, 0.717) is 9.26 Å². The monoisotopic (exact) mass is 294 g/mol. The fourth-order valence-electron chi connectivity index (χ4n) is 0.859. The van der Waals surface area contributed by atoms with E-state index < -0.39 is 5.82 Å². The lowest BCUT2D eigenvalue weighted by molar-refractivity contribution is -0.114. The van der Waals surface area contributed by atoms with Gasteiger partial charge in [-0.15, -0.1) is 0 Å². The molecule has 70 valence electrons. The van der Waals surface area contributed by atoms with E-state index in [0.717, 1.165) is 0 Å². The molecular weight excluding hydrogens is 286 g/mol. The Kier molecular flexibility index (Phi) is 3.07. The summed E-state index contributed by atoms with van der Waals surface area (Å²) in [5, 5.41) is 2.38. The third kappa shape index (κ3) is 2.30. The lowest BCUT2D eigenvalue weighted by Crippen LogP contribution is -2.10. The molecule has 0 saturated heterocycles. The molecule has 13 heavy (non-hydrogen) atoms. The number of rotatable bonds is 1. The van der Waals surface area contributed by atoms with Crippen LogP contribution in [0.3, 0.4) is 0 Å². The van der Waals surface area contributed by atoms with Crippen molar-refractivity contribution >= 4 is 39.9 Å². The van der Waals surface area contributed by atoms with Gasteiger partial charge in [0, 0.05) is 12.6 Å². The van der Waals surface area contributed by atoms with Gasteiger partial charge in [-0.3, -0.25) is 4.79 Å². The second-order valence-corrected chi connectivity index (χ2v) is 3.59. The topological polar surface area (TPSA) is 55.1 Å². The SMILES string of the molecule is CC(=O)Nc1c(F)ccc(N)c1I. The molecule has 0 heterocycles. The Bertz CT molecular complexity index is 354. The summed E-state index contributed by atoms with van der Waals surface area (Å²) in [6.07, 6.45) is 0. The minimum atomic E-state index is -0.478. The molecule has 1 rings (SSSR count). The van der Waals surface area contributed by atoms with Gasteiger partial charge in [0.2, 0.25) is 5.91 Å². The number of halogens is 2. The maximum atomic E-state index is 13.1. The lowest BCUT2D eigenvalue weighted by atomic mass is 10.2. The van der Waals surface area contributed by atoms with Gasteiger partial charge in [0.25, 0.3) is 0 Å². The fraction of sp³-hybridized carbons (Fsp3) is 0.125. The molecule has 0 aliphatic carbocycles. The van der Waals surface area contributed by atoms with E-state index in [9.17, 15) is 9.18 Å². The molecule has 5 heteroatoms. The normalized spacial score (nSPS) is 9.77. The van der Waals surface area contributed by atoms with Crippen molar-refractivity contribution in [2.45, 2.75) is 6.92 Å². The minimum Gasteiger partial charge on any atom is -0.398 e. The highest BCUT2D eigenvalue weighted by Gasteiger charge is 2.10. The van der Waals surface area contributed by atoms with Crippen LogP contribution in [0.15, 0.2) is 12.1 Å². The highest BCUT2D eigenvalue weighted by Crippen LogP contribution is 2.26. The molecule has 0 saturated carbocycles. The Balaban J connectivity index is 3.17. The molecule has 0 aromatic heterocycles. The van der Waals surface area contributed by atoms with Crippen molar-refractivity contribution in [3.63, 3.8) is 0 Å². The van der Waals surface area contributed by atoms with Gasteiger partial charge in [0.1, 0.15) is 5.82 Å². The molecule has 3 nitrogen and oxygen atoms in total. The highest BCUT2D eigenvalue weighted by molar-refractivity contribution is 14.1. The van der Waals surface area contributed by atoms with Crippen molar-refractivity contribution in [2.75, 3.05) is 11.1 Å². The molecule has 0 radical (unpaired) electrons. The van der Waals surface area contributed by atoms with Crippen LogP contribution < -0.4 is 11.1 Å². The number of amides is 1. The highest BCUT2D eigenvalue weighted by atomic mass is 127. The summed E-state index contributed by atoms with van der Waals surface area (Å²) in [4.78, 5) is 10.7. The second-order valence-electron chi connectivity index (χ2n) is 2.51. The summed E-state index contributed by atoms with van der Waals surface area (Å²) in [7, 11) is 0. The van der Waals surface area contributed by atoms with Crippen LogP contribution in [-0.2, 0) is 4.79 Å². The summed E-state index contributed by atoms with van der Waals surface area (Å²) < 4.78 is 13.6. The molecule has 0 atom stereocenters. The van der Waals surface area contributed by atoms with E-state index in [1.54, 1.807) is 0 Å². The molecule has 0 fully saturated rings. The fourth-order valence-corrected chi connectivity index (χ4v) is 1.43. The van der Waals surface area contributed by atoms with Crippen LogP contribution in [0.2, 0.25) is 0 Å². The molecule has 1 amide bonds. The summed E-state index contributed by atoms with van der Waals surface area (Å²) in [6.45, 7) is 1.32. The van der Waals surface area contributed by atoms with Crippen molar-refractivity contribution < 1.29 is 9.18 Å². The standard InChI is InChI=1S/C8H8FIN2O/c1-4(13)12-8-5(9)2-3-6(11)7(8)10/h2-3H,11H2,1H3,(H,12,13). The van der Waals surface area contributed by atoms with E-state index in [2.05, 4.69) is 5.32 Å². The first kappa shape index (κ1) is 10.2. The summed E-state index contributed by atoms with van der Waals surface area (Å²) >= 11 is 1.88. The molecule has 0 unspecified atom stereocenters. The second kappa shape index (κ2) is 3.91. The van der Waals surface area contributed by atoms with Gasteiger partial charge in [-0.05, 0) is 34.7 Å². The molecule has 1 aromatic carbocycles. The quantitative estimate of drug-likeness (QED) is 0.614. The van der Waals surface area contributed by atoms with Gasteiger partial charge in [-0.1, -0.05) is 0 Å². The average molecular weight is 294 g/mol. The average Bonchev–Trinajstić information content (AvgIpc) is 2.05. The third-order valence-electron chi connectivity index (χ3n) is 1.42. The van der Waals surface area contributed by atoms with Gasteiger partial charge in [-0.2, -0.15) is 0 Å².